The van der Waals surface area contributed by atoms with Crippen LogP contribution in [0.15, 0.2) is 47.8 Å². The van der Waals surface area contributed by atoms with E-state index in [0.717, 1.165) is 37.7 Å². The predicted molar refractivity (Wildman–Crippen MR) is 111 cm³/mol. The van der Waals surface area contributed by atoms with Gasteiger partial charge in [-0.1, -0.05) is 22.9 Å². The number of nitrogens with one attached hydrogen (secondary N) is 2. The predicted octanol–water partition coefficient (Wildman–Crippen LogP) is 6.29. The van der Waals surface area contributed by atoms with Gasteiger partial charge < -0.3 is 15.4 Å². The Balaban J connectivity index is 1.48. The highest BCUT2D eigenvalue weighted by Crippen LogP contribution is 2.32. The van der Waals surface area contributed by atoms with Crippen LogP contribution in [0.4, 0.5) is 21.8 Å². The smallest absolute Gasteiger partial charge is 0.189 e. The molecule has 5 nitrogen and oxygen atoms in total. The fraction of sp³-hybridized carbons (Fsp3) is 0.111. The Labute approximate surface area is 163 Å². The third-order valence-corrected chi connectivity index (χ3v) is 5.45. The Morgan fingerprint density at radius 2 is 1.88 bits per heavy atom. The van der Waals surface area contributed by atoms with Gasteiger partial charge in [0.15, 0.2) is 10.3 Å². The second kappa shape index (κ2) is 7.49. The minimum absolute atomic E-state index is 0.650. The molecule has 0 aliphatic rings. The second-order valence-corrected chi connectivity index (χ2v) is 7.70. The Bertz CT molecular complexity index is 1030. The van der Waals surface area contributed by atoms with Gasteiger partial charge in [0.05, 0.1) is 16.8 Å². The maximum atomic E-state index is 5.91. The van der Waals surface area contributed by atoms with E-state index in [9.17, 15) is 0 Å². The summed E-state index contributed by atoms with van der Waals surface area (Å²) in [5.41, 5.74) is 1.88. The van der Waals surface area contributed by atoms with Crippen molar-refractivity contribution in [2.24, 2.45) is 0 Å². The number of ether oxygens (including phenoxy) is 1. The molecular formula is C18H15ClN4OS2. The quantitative estimate of drug-likeness (QED) is 0.396. The van der Waals surface area contributed by atoms with Crippen molar-refractivity contribution in [1.82, 2.24) is 9.97 Å². The first-order valence-electron chi connectivity index (χ1n) is 7.98. The number of nitrogens with zero attached hydrogens (tertiary/aromatic N) is 2. The van der Waals surface area contributed by atoms with E-state index in [2.05, 4.69) is 20.6 Å². The maximum absolute atomic E-state index is 5.91. The molecular weight excluding hydrogens is 388 g/mol. The van der Waals surface area contributed by atoms with E-state index in [1.165, 1.54) is 11.3 Å². The molecule has 2 aromatic heterocycles. The van der Waals surface area contributed by atoms with Gasteiger partial charge in [-0.05, 0) is 49.4 Å². The van der Waals surface area contributed by atoms with Gasteiger partial charge in [-0.15, -0.1) is 11.3 Å². The van der Waals surface area contributed by atoms with E-state index in [1.54, 1.807) is 11.3 Å². The summed E-state index contributed by atoms with van der Waals surface area (Å²) in [6.45, 7) is 2.62. The minimum Gasteiger partial charge on any atom is -0.494 e. The van der Waals surface area contributed by atoms with Gasteiger partial charge in [0.2, 0.25) is 0 Å². The van der Waals surface area contributed by atoms with Gasteiger partial charge in [0.25, 0.3) is 0 Å². The van der Waals surface area contributed by atoms with Gasteiger partial charge in [-0.2, -0.15) is 0 Å². The lowest BCUT2D eigenvalue weighted by Crippen LogP contribution is -1.92. The first kappa shape index (κ1) is 17.1. The molecule has 0 unspecified atom stereocenters. The lowest BCUT2D eigenvalue weighted by atomic mass is 10.3. The molecule has 8 heteroatoms. The largest absolute Gasteiger partial charge is 0.494 e. The van der Waals surface area contributed by atoms with Gasteiger partial charge >= 0.3 is 0 Å². The molecule has 0 bridgehead atoms. The van der Waals surface area contributed by atoms with Crippen molar-refractivity contribution in [3.05, 3.63) is 52.9 Å². The molecule has 2 aromatic carbocycles. The molecule has 132 valence electrons. The third-order valence-electron chi connectivity index (χ3n) is 3.51. The Kier molecular flexibility index (Phi) is 4.92. The standard InChI is InChI=1S/C18H15ClN4OS2/c1-2-24-13-7-8-14-15(9-13)26-18(21-14)23-16-10-25-17(22-16)20-12-5-3-11(19)4-6-12/h3-10H,2H2,1H3,(H,20,22)(H,21,23). The summed E-state index contributed by atoms with van der Waals surface area (Å²) >= 11 is 9.00. The van der Waals surface area contributed by atoms with Crippen molar-refractivity contribution >= 4 is 66.3 Å². The van der Waals surface area contributed by atoms with Gasteiger partial charge in [-0.25, -0.2) is 9.97 Å². The van der Waals surface area contributed by atoms with Crippen molar-refractivity contribution in [1.29, 1.82) is 0 Å². The summed E-state index contributed by atoms with van der Waals surface area (Å²) in [5, 5.41) is 10.8. The number of anilines is 4. The number of benzene rings is 2. The fourth-order valence-electron chi connectivity index (χ4n) is 2.37. The summed E-state index contributed by atoms with van der Waals surface area (Å²) in [4.78, 5) is 9.14. The van der Waals surface area contributed by atoms with Crippen molar-refractivity contribution in [3.63, 3.8) is 0 Å². The number of thiazole rings is 2. The lowest BCUT2D eigenvalue weighted by molar-refractivity contribution is 0.341. The van der Waals surface area contributed by atoms with Crippen LogP contribution < -0.4 is 15.4 Å². The van der Waals surface area contributed by atoms with Crippen LogP contribution in [-0.4, -0.2) is 16.6 Å². The van der Waals surface area contributed by atoms with Crippen molar-refractivity contribution in [2.45, 2.75) is 6.92 Å². The molecule has 0 aliphatic heterocycles. The SMILES string of the molecule is CCOc1ccc2nc(Nc3csc(Nc4ccc(Cl)cc4)n3)sc2c1. The normalized spacial score (nSPS) is 10.8. The summed E-state index contributed by atoms with van der Waals surface area (Å²) < 4.78 is 6.62. The Hall–Kier alpha value is -2.35. The summed E-state index contributed by atoms with van der Waals surface area (Å²) in [7, 11) is 0. The van der Waals surface area contributed by atoms with Crippen LogP contribution in [0.3, 0.4) is 0 Å². The van der Waals surface area contributed by atoms with E-state index in [0.29, 0.717) is 11.6 Å². The molecule has 4 rings (SSSR count). The molecule has 26 heavy (non-hydrogen) atoms. The fourth-order valence-corrected chi connectivity index (χ4v) is 4.06. The first-order valence-corrected chi connectivity index (χ1v) is 10.1. The maximum Gasteiger partial charge on any atom is 0.189 e. The molecule has 0 aliphatic carbocycles. The van der Waals surface area contributed by atoms with Crippen LogP contribution in [0, 0.1) is 0 Å². The zero-order valence-corrected chi connectivity index (χ0v) is 16.2. The minimum atomic E-state index is 0.650. The van der Waals surface area contributed by atoms with Crippen LogP contribution in [-0.2, 0) is 0 Å². The Morgan fingerprint density at radius 3 is 2.69 bits per heavy atom. The van der Waals surface area contributed by atoms with E-state index in [-0.39, 0.29) is 0 Å². The van der Waals surface area contributed by atoms with Crippen LogP contribution in [0.5, 0.6) is 5.75 Å². The highest BCUT2D eigenvalue weighted by atomic mass is 35.5. The van der Waals surface area contributed by atoms with E-state index in [4.69, 9.17) is 16.3 Å². The molecule has 0 amide bonds. The van der Waals surface area contributed by atoms with Gasteiger partial charge in [-0.3, -0.25) is 0 Å². The Morgan fingerprint density at radius 1 is 1.04 bits per heavy atom. The summed E-state index contributed by atoms with van der Waals surface area (Å²) in [6.07, 6.45) is 0. The molecule has 0 spiro atoms. The van der Waals surface area contributed by atoms with Crippen LogP contribution in [0.2, 0.25) is 5.02 Å². The monoisotopic (exact) mass is 402 g/mol. The highest BCUT2D eigenvalue weighted by Gasteiger charge is 2.08. The number of aromatic nitrogens is 2. The highest BCUT2D eigenvalue weighted by molar-refractivity contribution is 7.22. The van der Waals surface area contributed by atoms with Crippen LogP contribution >= 0.6 is 34.3 Å². The molecule has 2 heterocycles. The van der Waals surface area contributed by atoms with Crippen molar-refractivity contribution in [2.75, 3.05) is 17.2 Å². The topological polar surface area (TPSA) is 59.1 Å². The van der Waals surface area contributed by atoms with E-state index >= 15 is 0 Å². The zero-order valence-electron chi connectivity index (χ0n) is 13.8. The number of fused-ring (bicyclic) bond motifs is 1. The number of rotatable bonds is 6. The van der Waals surface area contributed by atoms with E-state index in [1.807, 2.05) is 54.8 Å². The van der Waals surface area contributed by atoms with Crippen molar-refractivity contribution < 1.29 is 4.74 Å². The van der Waals surface area contributed by atoms with Gasteiger partial charge in [0.1, 0.15) is 11.6 Å². The third kappa shape index (κ3) is 3.90. The molecule has 2 N–H and O–H groups in total. The van der Waals surface area contributed by atoms with Gasteiger partial charge in [0, 0.05) is 16.1 Å². The average Bonchev–Trinajstić information content (AvgIpc) is 3.23. The molecule has 0 saturated heterocycles. The number of halogens is 1. The lowest BCUT2D eigenvalue weighted by Gasteiger charge is -2.01. The zero-order chi connectivity index (χ0) is 17.9. The summed E-state index contributed by atoms with van der Waals surface area (Å²) in [5.74, 6) is 1.62. The molecule has 0 atom stereocenters. The van der Waals surface area contributed by atoms with Crippen LogP contribution in [0.1, 0.15) is 6.92 Å². The molecule has 0 saturated carbocycles. The number of hydrogen-bond donors (Lipinski definition) is 2. The number of hydrogen-bond acceptors (Lipinski definition) is 7. The molecule has 4 aromatic rings. The van der Waals surface area contributed by atoms with Crippen LogP contribution in [0.25, 0.3) is 10.2 Å². The summed E-state index contributed by atoms with van der Waals surface area (Å²) in [6, 6.07) is 13.4. The molecule has 0 fully saturated rings. The first-order chi connectivity index (χ1) is 12.7. The van der Waals surface area contributed by atoms with Crippen molar-refractivity contribution in [3.8, 4) is 5.75 Å². The second-order valence-electron chi connectivity index (χ2n) is 5.38. The molecule has 0 radical (unpaired) electrons. The average molecular weight is 403 g/mol. The van der Waals surface area contributed by atoms with E-state index < -0.39 is 0 Å².